The van der Waals surface area contributed by atoms with E-state index in [1.165, 1.54) is 18.2 Å². The molecule has 0 radical (unpaired) electrons. The number of alkyl halides is 1. The van der Waals surface area contributed by atoms with Crippen LogP contribution in [0.5, 0.6) is 11.5 Å². The van der Waals surface area contributed by atoms with Crippen molar-refractivity contribution in [2.75, 3.05) is 0 Å². The van der Waals surface area contributed by atoms with Gasteiger partial charge in [-0.1, -0.05) is 41.4 Å². The molecule has 0 saturated heterocycles. The Morgan fingerprint density at radius 3 is 2.25 bits per heavy atom. The number of hydrogen-bond acceptors (Lipinski definition) is 3. The Hall–Kier alpha value is -1.49. The van der Waals surface area contributed by atoms with Crippen molar-refractivity contribution in [2.45, 2.75) is 5.88 Å². The van der Waals surface area contributed by atoms with E-state index in [4.69, 9.17) is 39.5 Å². The Labute approximate surface area is 130 Å². The molecule has 4 nitrogen and oxygen atoms in total. The highest BCUT2D eigenvalue weighted by Crippen LogP contribution is 2.41. The molecule has 0 amide bonds. The molecule has 0 unspecified atom stereocenters. The third kappa shape index (κ3) is 2.98. The predicted molar refractivity (Wildman–Crippen MR) is 79.2 cm³/mol. The highest BCUT2D eigenvalue weighted by atomic mass is 35.5. The zero-order chi connectivity index (χ0) is 14.7. The van der Waals surface area contributed by atoms with E-state index in [9.17, 15) is 10.1 Å². The van der Waals surface area contributed by atoms with Gasteiger partial charge >= 0.3 is 5.69 Å². The number of ether oxygens (including phenoxy) is 1. The van der Waals surface area contributed by atoms with Gasteiger partial charge in [-0.25, -0.2) is 0 Å². The molecule has 0 atom stereocenters. The van der Waals surface area contributed by atoms with E-state index in [1.54, 1.807) is 18.2 Å². The molecule has 0 fully saturated rings. The lowest BCUT2D eigenvalue weighted by atomic mass is 10.2. The minimum Gasteiger partial charge on any atom is -0.447 e. The molecule has 0 aliphatic rings. The summed E-state index contributed by atoms with van der Waals surface area (Å²) in [6, 6.07) is 9.32. The Bertz CT molecular complexity index is 661. The number of hydrogen-bond donors (Lipinski definition) is 0. The molecule has 0 aliphatic carbocycles. The zero-order valence-electron chi connectivity index (χ0n) is 9.98. The summed E-state index contributed by atoms with van der Waals surface area (Å²) >= 11 is 17.8. The topological polar surface area (TPSA) is 52.4 Å². The second-order valence-corrected chi connectivity index (χ2v) is 4.89. The monoisotopic (exact) mass is 331 g/mol. The van der Waals surface area contributed by atoms with Crippen LogP contribution in [0.3, 0.4) is 0 Å². The summed E-state index contributed by atoms with van der Waals surface area (Å²) in [5.41, 5.74) is 0.381. The summed E-state index contributed by atoms with van der Waals surface area (Å²) in [4.78, 5) is 10.4. The van der Waals surface area contributed by atoms with Crippen molar-refractivity contribution in [1.82, 2.24) is 0 Å². The second kappa shape index (κ2) is 6.31. The average Bonchev–Trinajstić information content (AvgIpc) is 2.42. The van der Waals surface area contributed by atoms with Gasteiger partial charge < -0.3 is 4.74 Å². The molecule has 2 aromatic rings. The molecule has 0 aromatic heterocycles. The van der Waals surface area contributed by atoms with Crippen LogP contribution in [0.4, 0.5) is 5.69 Å². The van der Waals surface area contributed by atoms with Crippen molar-refractivity contribution in [3.8, 4) is 11.5 Å². The molecular weight excluding hydrogens is 325 g/mol. The van der Waals surface area contributed by atoms with Crippen molar-refractivity contribution in [1.29, 1.82) is 0 Å². The summed E-state index contributed by atoms with van der Waals surface area (Å²) in [7, 11) is 0. The number of nitro benzene ring substituents is 1. The van der Waals surface area contributed by atoms with E-state index in [1.807, 2.05) is 0 Å². The summed E-state index contributed by atoms with van der Waals surface area (Å²) in [5, 5.41) is 11.4. The third-order valence-corrected chi connectivity index (χ3v) is 3.42. The van der Waals surface area contributed by atoms with Crippen LogP contribution >= 0.6 is 34.8 Å². The first-order valence-electron chi connectivity index (χ1n) is 5.48. The highest BCUT2D eigenvalue weighted by molar-refractivity contribution is 6.33. The molecule has 0 aliphatic heterocycles. The minimum atomic E-state index is -0.571. The quantitative estimate of drug-likeness (QED) is 0.426. The van der Waals surface area contributed by atoms with Crippen LogP contribution < -0.4 is 4.74 Å². The van der Waals surface area contributed by atoms with E-state index in [0.29, 0.717) is 10.6 Å². The van der Waals surface area contributed by atoms with Crippen LogP contribution in [-0.2, 0) is 5.88 Å². The van der Waals surface area contributed by atoms with Crippen molar-refractivity contribution < 1.29 is 9.66 Å². The lowest BCUT2D eigenvalue weighted by Gasteiger charge is -2.12. The van der Waals surface area contributed by atoms with Gasteiger partial charge in [0.1, 0.15) is 0 Å². The molecule has 2 rings (SSSR count). The Morgan fingerprint density at radius 2 is 1.65 bits per heavy atom. The fourth-order valence-corrected chi connectivity index (χ4v) is 2.27. The first kappa shape index (κ1) is 14.9. The molecule has 2 aromatic carbocycles. The molecular formula is C13H8Cl3NO3. The smallest absolute Gasteiger partial charge is 0.313 e. The molecule has 0 spiro atoms. The van der Waals surface area contributed by atoms with E-state index >= 15 is 0 Å². The third-order valence-electron chi connectivity index (χ3n) is 2.54. The van der Waals surface area contributed by atoms with Gasteiger partial charge in [0.15, 0.2) is 5.75 Å². The highest BCUT2D eigenvalue weighted by Gasteiger charge is 2.21. The first-order chi connectivity index (χ1) is 9.54. The lowest BCUT2D eigenvalue weighted by Crippen LogP contribution is -1.96. The summed E-state index contributed by atoms with van der Waals surface area (Å²) < 4.78 is 5.56. The fraction of sp³-hybridized carbons (Fsp3) is 0.0769. The first-order valence-corrected chi connectivity index (χ1v) is 6.77. The maximum Gasteiger partial charge on any atom is 0.313 e. The normalized spacial score (nSPS) is 10.3. The van der Waals surface area contributed by atoms with Gasteiger partial charge in [-0.15, -0.1) is 11.6 Å². The van der Waals surface area contributed by atoms with E-state index < -0.39 is 4.92 Å². The lowest BCUT2D eigenvalue weighted by molar-refractivity contribution is -0.385. The number of para-hydroxylation sites is 2. The average molecular weight is 333 g/mol. The number of nitrogens with zero attached hydrogens (tertiary/aromatic N) is 1. The maximum absolute atomic E-state index is 11.0. The van der Waals surface area contributed by atoms with Crippen molar-refractivity contribution in [3.05, 3.63) is 62.1 Å². The van der Waals surface area contributed by atoms with Crippen LogP contribution in [0.1, 0.15) is 5.56 Å². The van der Waals surface area contributed by atoms with E-state index in [2.05, 4.69) is 0 Å². The van der Waals surface area contributed by atoms with Crippen LogP contribution in [0.25, 0.3) is 0 Å². The van der Waals surface area contributed by atoms with Gasteiger partial charge in [0.2, 0.25) is 5.75 Å². The number of nitro groups is 1. The van der Waals surface area contributed by atoms with Gasteiger partial charge in [0, 0.05) is 11.6 Å². The van der Waals surface area contributed by atoms with Gasteiger partial charge in [0.25, 0.3) is 0 Å². The summed E-state index contributed by atoms with van der Waals surface area (Å²) in [6.45, 7) is 0. The fourth-order valence-electron chi connectivity index (χ4n) is 1.62. The number of halogens is 3. The summed E-state index contributed by atoms with van der Waals surface area (Å²) in [5.74, 6) is 0.368. The standard InChI is InChI=1S/C13H8Cl3NO3/c14-7-8-3-1-4-9(15)12(8)20-13-10(16)5-2-6-11(13)17(18)19/h1-6H,7H2. The number of rotatable bonds is 4. The van der Waals surface area contributed by atoms with E-state index in [-0.39, 0.29) is 28.1 Å². The van der Waals surface area contributed by atoms with E-state index in [0.717, 1.165) is 0 Å². The Balaban J connectivity index is 2.53. The second-order valence-electron chi connectivity index (χ2n) is 3.81. The Kier molecular flexibility index (Phi) is 4.70. The van der Waals surface area contributed by atoms with Crippen LogP contribution in [-0.4, -0.2) is 4.92 Å². The molecule has 7 heteroatoms. The van der Waals surface area contributed by atoms with Gasteiger partial charge in [-0.3, -0.25) is 10.1 Å². The molecule has 0 N–H and O–H groups in total. The van der Waals surface area contributed by atoms with Crippen molar-refractivity contribution >= 4 is 40.5 Å². The maximum atomic E-state index is 11.0. The molecule has 0 bridgehead atoms. The van der Waals surface area contributed by atoms with Crippen LogP contribution in [0, 0.1) is 10.1 Å². The van der Waals surface area contributed by atoms with Crippen LogP contribution in [0.2, 0.25) is 10.0 Å². The van der Waals surface area contributed by atoms with Gasteiger partial charge in [-0.2, -0.15) is 0 Å². The largest absolute Gasteiger partial charge is 0.447 e. The molecule has 20 heavy (non-hydrogen) atoms. The van der Waals surface area contributed by atoms with Crippen molar-refractivity contribution in [3.63, 3.8) is 0 Å². The van der Waals surface area contributed by atoms with Gasteiger partial charge in [0.05, 0.1) is 20.8 Å². The number of benzene rings is 2. The summed E-state index contributed by atoms with van der Waals surface area (Å²) in [6.07, 6.45) is 0. The zero-order valence-corrected chi connectivity index (χ0v) is 12.2. The minimum absolute atomic E-state index is 0.0568. The molecule has 0 heterocycles. The predicted octanol–water partition coefficient (Wildman–Crippen LogP) is 5.43. The van der Waals surface area contributed by atoms with Crippen LogP contribution in [0.15, 0.2) is 36.4 Å². The molecule has 0 saturated carbocycles. The molecule has 104 valence electrons. The Morgan fingerprint density at radius 1 is 1.05 bits per heavy atom. The van der Waals surface area contributed by atoms with Crippen molar-refractivity contribution in [2.24, 2.45) is 0 Å². The van der Waals surface area contributed by atoms with Gasteiger partial charge in [-0.05, 0) is 12.1 Å². The SMILES string of the molecule is O=[N+]([O-])c1cccc(Cl)c1Oc1c(Cl)cccc1CCl.